The zero-order valence-electron chi connectivity index (χ0n) is 15.6. The van der Waals surface area contributed by atoms with Gasteiger partial charge in [0.05, 0.1) is 16.1 Å². The quantitative estimate of drug-likeness (QED) is 0.209. The third-order valence-corrected chi connectivity index (χ3v) is 5.62. The van der Waals surface area contributed by atoms with Gasteiger partial charge < -0.3 is 9.47 Å². The van der Waals surface area contributed by atoms with E-state index in [4.69, 9.17) is 21.1 Å². The van der Waals surface area contributed by atoms with Crippen molar-refractivity contribution < 1.29 is 19.1 Å². The number of nitrogens with zero attached hydrogens (tertiary/aromatic N) is 1. The van der Waals surface area contributed by atoms with E-state index in [-0.39, 0.29) is 17.3 Å². The van der Waals surface area contributed by atoms with Gasteiger partial charge in [-0.15, -0.1) is 0 Å². The third kappa shape index (κ3) is 4.95. The van der Waals surface area contributed by atoms with Gasteiger partial charge in [-0.2, -0.15) is 0 Å². The van der Waals surface area contributed by atoms with E-state index in [0.29, 0.717) is 21.7 Å². The Kier molecular flexibility index (Phi) is 6.36. The van der Waals surface area contributed by atoms with Crippen molar-refractivity contribution in [1.29, 1.82) is 0 Å². The first-order valence-electron chi connectivity index (χ1n) is 8.95. The molecule has 31 heavy (non-hydrogen) atoms. The van der Waals surface area contributed by atoms with Crippen LogP contribution in [0.4, 0.5) is 0 Å². The maximum atomic E-state index is 12.5. The number of carbonyl (C=O) groups excluding carboxylic acids is 2. The monoisotopic (exact) mass is 559 g/mol. The highest BCUT2D eigenvalue weighted by molar-refractivity contribution is 9.10. The summed E-state index contributed by atoms with van der Waals surface area (Å²) in [5.41, 5.74) is 1.45. The molecule has 0 atom stereocenters. The molecule has 0 aliphatic carbocycles. The Hall–Kier alpha value is -2.74. The van der Waals surface area contributed by atoms with Crippen LogP contribution in [0.3, 0.4) is 0 Å². The van der Waals surface area contributed by atoms with Crippen molar-refractivity contribution in [3.8, 4) is 5.75 Å². The van der Waals surface area contributed by atoms with Crippen molar-refractivity contribution in [2.75, 3.05) is 0 Å². The predicted octanol–water partition coefficient (Wildman–Crippen LogP) is 6.43. The molecular weight excluding hydrogens is 550 g/mol. The van der Waals surface area contributed by atoms with Gasteiger partial charge in [-0.3, -0.25) is 0 Å². The van der Waals surface area contributed by atoms with E-state index in [1.807, 2.05) is 0 Å². The van der Waals surface area contributed by atoms with E-state index in [0.717, 1.165) is 8.95 Å². The summed E-state index contributed by atoms with van der Waals surface area (Å²) in [6.45, 7) is 0. The minimum atomic E-state index is -0.625. The number of hydrogen-bond acceptors (Lipinski definition) is 5. The van der Waals surface area contributed by atoms with E-state index >= 15 is 0 Å². The van der Waals surface area contributed by atoms with Gasteiger partial charge in [-0.25, -0.2) is 14.6 Å². The number of ether oxygens (including phenoxy) is 2. The highest BCUT2D eigenvalue weighted by Gasteiger charge is 2.26. The normalized spacial score (nSPS) is 14.4. The Morgan fingerprint density at radius 2 is 1.71 bits per heavy atom. The Morgan fingerprint density at radius 1 is 1.00 bits per heavy atom. The number of esters is 2. The molecule has 0 fully saturated rings. The van der Waals surface area contributed by atoms with Gasteiger partial charge in [0.15, 0.2) is 5.70 Å². The van der Waals surface area contributed by atoms with E-state index < -0.39 is 11.9 Å². The summed E-state index contributed by atoms with van der Waals surface area (Å²) in [5.74, 6) is -0.758. The van der Waals surface area contributed by atoms with Crippen LogP contribution in [0.2, 0.25) is 5.02 Å². The molecule has 0 amide bonds. The smallest absolute Gasteiger partial charge is 0.363 e. The molecule has 8 heteroatoms. The van der Waals surface area contributed by atoms with Crippen molar-refractivity contribution in [2.24, 2.45) is 4.99 Å². The van der Waals surface area contributed by atoms with Gasteiger partial charge in [-0.1, -0.05) is 55.6 Å². The molecule has 1 heterocycles. The van der Waals surface area contributed by atoms with Crippen LogP contribution in [0, 0.1) is 0 Å². The molecule has 0 N–H and O–H groups in total. The second-order valence-electron chi connectivity index (χ2n) is 6.39. The first-order valence-corrected chi connectivity index (χ1v) is 10.9. The Morgan fingerprint density at radius 3 is 2.45 bits per heavy atom. The first kappa shape index (κ1) is 21.5. The largest absolute Gasteiger partial charge is 0.422 e. The number of halogens is 3. The molecule has 0 bridgehead atoms. The maximum Gasteiger partial charge on any atom is 0.363 e. The highest BCUT2D eigenvalue weighted by Crippen LogP contribution is 2.29. The summed E-state index contributed by atoms with van der Waals surface area (Å²) in [6, 6.07) is 18.8. The predicted molar refractivity (Wildman–Crippen MR) is 125 cm³/mol. The van der Waals surface area contributed by atoms with Gasteiger partial charge in [-0.05, 0) is 60.7 Å². The molecule has 0 saturated heterocycles. The van der Waals surface area contributed by atoms with E-state index in [1.54, 1.807) is 66.7 Å². The number of cyclic esters (lactones) is 1. The summed E-state index contributed by atoms with van der Waals surface area (Å²) in [7, 11) is 0. The van der Waals surface area contributed by atoms with Gasteiger partial charge in [0.1, 0.15) is 5.75 Å². The standard InChI is InChI=1S/C23H12Br2ClNO4/c24-15-7-5-13(6-8-15)22(28)30-20-10-9-16(25)11-14(20)12-19-23(29)31-21(27-19)17-3-1-2-4-18(17)26/h1-12H/b19-12-. The zero-order chi connectivity index (χ0) is 22.0. The molecule has 1 aliphatic heterocycles. The molecule has 0 aromatic heterocycles. The number of hydrogen-bond donors (Lipinski definition) is 0. The minimum Gasteiger partial charge on any atom is -0.422 e. The molecule has 4 rings (SSSR count). The van der Waals surface area contributed by atoms with Crippen molar-refractivity contribution >= 4 is 67.4 Å². The molecule has 1 aliphatic rings. The molecule has 0 unspecified atom stereocenters. The second-order valence-corrected chi connectivity index (χ2v) is 8.63. The minimum absolute atomic E-state index is 0.0639. The fourth-order valence-corrected chi connectivity index (χ4v) is 3.64. The number of aliphatic imine (C=N–C) groups is 1. The summed E-state index contributed by atoms with van der Waals surface area (Å²) in [5, 5.41) is 0.418. The lowest BCUT2D eigenvalue weighted by Crippen LogP contribution is -2.09. The summed E-state index contributed by atoms with van der Waals surface area (Å²) < 4.78 is 12.4. The maximum absolute atomic E-state index is 12.5. The SMILES string of the molecule is O=C1OC(c2ccccc2Cl)=N/C1=C\c1cc(Br)ccc1OC(=O)c1ccc(Br)cc1. The van der Waals surface area contributed by atoms with E-state index in [9.17, 15) is 9.59 Å². The van der Waals surface area contributed by atoms with Gasteiger partial charge >= 0.3 is 11.9 Å². The first-order chi connectivity index (χ1) is 14.9. The van der Waals surface area contributed by atoms with Crippen LogP contribution in [-0.2, 0) is 9.53 Å². The van der Waals surface area contributed by atoms with Crippen molar-refractivity contribution in [3.63, 3.8) is 0 Å². The summed E-state index contributed by atoms with van der Waals surface area (Å²) >= 11 is 12.9. The third-order valence-electron chi connectivity index (χ3n) is 4.27. The van der Waals surface area contributed by atoms with Crippen molar-refractivity contribution in [1.82, 2.24) is 0 Å². The highest BCUT2D eigenvalue weighted by atomic mass is 79.9. The Bertz CT molecular complexity index is 1250. The number of carbonyl (C=O) groups is 2. The lowest BCUT2D eigenvalue weighted by atomic mass is 10.1. The van der Waals surface area contributed by atoms with Crippen LogP contribution in [-0.4, -0.2) is 17.8 Å². The zero-order valence-corrected chi connectivity index (χ0v) is 19.6. The van der Waals surface area contributed by atoms with Gasteiger partial charge in [0.25, 0.3) is 0 Å². The average molecular weight is 562 g/mol. The lowest BCUT2D eigenvalue weighted by molar-refractivity contribution is -0.129. The lowest BCUT2D eigenvalue weighted by Gasteiger charge is -2.08. The number of benzene rings is 3. The number of rotatable bonds is 4. The molecular formula is C23H12Br2ClNO4. The van der Waals surface area contributed by atoms with Gasteiger partial charge in [0.2, 0.25) is 5.90 Å². The molecule has 0 saturated carbocycles. The van der Waals surface area contributed by atoms with E-state index in [2.05, 4.69) is 36.9 Å². The topological polar surface area (TPSA) is 65.0 Å². The molecule has 0 spiro atoms. The summed E-state index contributed by atoms with van der Waals surface area (Å²) in [6.07, 6.45) is 1.50. The average Bonchev–Trinajstić information content (AvgIpc) is 3.10. The molecule has 3 aromatic carbocycles. The second kappa shape index (κ2) is 9.18. The van der Waals surface area contributed by atoms with Crippen molar-refractivity contribution in [2.45, 2.75) is 0 Å². The molecule has 154 valence electrons. The van der Waals surface area contributed by atoms with Crippen LogP contribution in [0.15, 0.2) is 86.4 Å². The Labute approximate surface area is 199 Å². The van der Waals surface area contributed by atoms with Crippen LogP contribution in [0.1, 0.15) is 21.5 Å². The fraction of sp³-hybridized carbons (Fsp3) is 0. The van der Waals surface area contributed by atoms with E-state index in [1.165, 1.54) is 6.08 Å². The Balaban J connectivity index is 1.66. The molecule has 0 radical (unpaired) electrons. The van der Waals surface area contributed by atoms with Crippen LogP contribution in [0.25, 0.3) is 6.08 Å². The van der Waals surface area contributed by atoms with Gasteiger partial charge in [0, 0.05) is 14.5 Å². The van der Waals surface area contributed by atoms with Crippen LogP contribution < -0.4 is 4.74 Å². The molecule has 5 nitrogen and oxygen atoms in total. The summed E-state index contributed by atoms with van der Waals surface area (Å²) in [4.78, 5) is 29.2. The van der Waals surface area contributed by atoms with Crippen molar-refractivity contribution in [3.05, 3.63) is 103 Å². The van der Waals surface area contributed by atoms with Crippen LogP contribution >= 0.6 is 43.5 Å². The fourth-order valence-electron chi connectivity index (χ4n) is 2.78. The van der Waals surface area contributed by atoms with Crippen LogP contribution in [0.5, 0.6) is 5.75 Å². The molecule has 3 aromatic rings.